The number of halogens is 3. The van der Waals surface area contributed by atoms with E-state index in [-0.39, 0.29) is 0 Å². The molecule has 0 spiro atoms. The van der Waals surface area contributed by atoms with Gasteiger partial charge in [-0.3, -0.25) is 0 Å². The van der Waals surface area contributed by atoms with Gasteiger partial charge in [-0.25, -0.2) is 0 Å². The van der Waals surface area contributed by atoms with Crippen LogP contribution in [-0.4, -0.2) is 0 Å². The minimum absolute atomic E-state index is 0.548. The molecule has 1 aliphatic rings. The predicted molar refractivity (Wildman–Crippen MR) is 45.8 cm³/mol. The number of hydrogen-bond acceptors (Lipinski definition) is 2. The van der Waals surface area contributed by atoms with Crippen LogP contribution in [0.3, 0.4) is 0 Å². The summed E-state index contributed by atoms with van der Waals surface area (Å²) >= 11 is 0.686. The molecule has 0 aromatic carbocycles. The summed E-state index contributed by atoms with van der Waals surface area (Å²) in [5.41, 5.74) is -0.603. The summed E-state index contributed by atoms with van der Waals surface area (Å²) in [6.45, 7) is 0. The minimum atomic E-state index is -4.28. The monoisotopic (exact) mass is 217 g/mol. The molecule has 0 atom stereocenters. The Balaban J connectivity index is 2.32. The summed E-state index contributed by atoms with van der Waals surface area (Å²) in [6.07, 6.45) is -2.92. The first kappa shape index (κ1) is 9.53. The van der Waals surface area contributed by atoms with Crippen LogP contribution in [0.4, 0.5) is 13.2 Å². The van der Waals surface area contributed by atoms with Crippen molar-refractivity contribution in [3.63, 3.8) is 0 Å². The van der Waals surface area contributed by atoms with E-state index >= 15 is 0 Å². The van der Waals surface area contributed by atoms with Crippen molar-refractivity contribution in [3.8, 4) is 6.07 Å². The van der Waals surface area contributed by atoms with Crippen LogP contribution >= 0.6 is 11.3 Å². The number of nitriles is 1. The van der Waals surface area contributed by atoms with Crippen LogP contribution in [0.5, 0.6) is 0 Å². The van der Waals surface area contributed by atoms with Gasteiger partial charge >= 0.3 is 6.18 Å². The third-order valence-corrected chi connectivity index (χ3v) is 3.66. The van der Waals surface area contributed by atoms with Gasteiger partial charge in [0.05, 0.1) is 11.5 Å². The molecule has 1 saturated carbocycles. The summed E-state index contributed by atoms with van der Waals surface area (Å²) in [5.74, 6) is 0. The molecule has 1 aromatic rings. The van der Waals surface area contributed by atoms with Crippen molar-refractivity contribution in [1.82, 2.24) is 0 Å². The number of nitrogens with zero attached hydrogens (tertiary/aromatic N) is 1. The molecule has 0 N–H and O–H groups in total. The van der Waals surface area contributed by atoms with Gasteiger partial charge in [0.25, 0.3) is 0 Å². The van der Waals surface area contributed by atoms with E-state index in [1.54, 1.807) is 0 Å². The SMILES string of the molecule is N#CC1(c2ccc(C(F)(F)F)s2)CC1. The van der Waals surface area contributed by atoms with Crippen LogP contribution < -0.4 is 0 Å². The second kappa shape index (κ2) is 2.74. The van der Waals surface area contributed by atoms with Gasteiger partial charge < -0.3 is 0 Å². The molecule has 0 saturated heterocycles. The summed E-state index contributed by atoms with van der Waals surface area (Å²) < 4.78 is 36.7. The molecule has 1 nitrogen and oxygen atoms in total. The van der Waals surface area contributed by atoms with Crippen molar-refractivity contribution in [2.45, 2.75) is 24.4 Å². The fourth-order valence-corrected chi connectivity index (χ4v) is 2.36. The molecule has 14 heavy (non-hydrogen) atoms. The van der Waals surface area contributed by atoms with Crippen molar-refractivity contribution in [2.24, 2.45) is 0 Å². The molecule has 0 amide bonds. The third kappa shape index (κ3) is 1.40. The average Bonchev–Trinajstić information content (AvgIpc) is 2.73. The van der Waals surface area contributed by atoms with Crippen molar-refractivity contribution >= 4 is 11.3 Å². The Morgan fingerprint density at radius 2 is 2.00 bits per heavy atom. The first-order valence-corrected chi connectivity index (χ1v) is 4.88. The van der Waals surface area contributed by atoms with Crippen LogP contribution in [0.15, 0.2) is 12.1 Å². The van der Waals surface area contributed by atoms with E-state index in [0.29, 0.717) is 29.1 Å². The summed E-state index contributed by atoms with van der Waals surface area (Å²) in [6, 6.07) is 4.55. The Kier molecular flexibility index (Phi) is 1.86. The van der Waals surface area contributed by atoms with Crippen LogP contribution in [0, 0.1) is 11.3 Å². The zero-order valence-corrected chi connectivity index (χ0v) is 7.87. The first-order valence-electron chi connectivity index (χ1n) is 4.07. The van der Waals surface area contributed by atoms with Crippen LogP contribution in [0.2, 0.25) is 0 Å². The second-order valence-electron chi connectivity index (χ2n) is 3.36. The highest BCUT2D eigenvalue weighted by Gasteiger charge is 2.47. The normalized spacial score (nSPS) is 19.0. The molecular weight excluding hydrogens is 211 g/mol. The Morgan fingerprint density at radius 3 is 2.36 bits per heavy atom. The lowest BCUT2D eigenvalue weighted by Gasteiger charge is -2.02. The van der Waals surface area contributed by atoms with Crippen molar-refractivity contribution in [3.05, 3.63) is 21.9 Å². The smallest absolute Gasteiger partial charge is 0.197 e. The largest absolute Gasteiger partial charge is 0.425 e. The molecule has 0 bridgehead atoms. The standard InChI is InChI=1S/C9H6F3NS/c10-9(11,12)7-2-1-6(14-7)8(5-13)3-4-8/h1-2H,3-4H2. The Labute approximate surface area is 82.8 Å². The molecule has 5 heteroatoms. The highest BCUT2D eigenvalue weighted by atomic mass is 32.1. The number of rotatable bonds is 1. The van der Waals surface area contributed by atoms with Gasteiger partial charge in [-0.2, -0.15) is 18.4 Å². The molecule has 0 radical (unpaired) electrons. The molecular formula is C9H6F3NS. The first-order chi connectivity index (χ1) is 6.48. The number of hydrogen-bond donors (Lipinski definition) is 0. The highest BCUT2D eigenvalue weighted by molar-refractivity contribution is 7.12. The number of alkyl halides is 3. The lowest BCUT2D eigenvalue weighted by molar-refractivity contribution is -0.134. The fraction of sp³-hybridized carbons (Fsp3) is 0.444. The van der Waals surface area contributed by atoms with E-state index in [1.807, 2.05) is 0 Å². The maximum absolute atomic E-state index is 12.2. The van der Waals surface area contributed by atoms with Crippen molar-refractivity contribution in [2.75, 3.05) is 0 Å². The van der Waals surface area contributed by atoms with Crippen LogP contribution in [-0.2, 0) is 11.6 Å². The molecule has 1 aromatic heterocycles. The van der Waals surface area contributed by atoms with Gasteiger partial charge in [-0.1, -0.05) is 0 Å². The molecule has 2 rings (SSSR count). The van der Waals surface area contributed by atoms with Crippen LogP contribution in [0.25, 0.3) is 0 Å². The lowest BCUT2D eigenvalue weighted by atomic mass is 10.1. The molecule has 1 aliphatic carbocycles. The van der Waals surface area contributed by atoms with E-state index in [1.165, 1.54) is 6.07 Å². The number of thiophene rings is 1. The van der Waals surface area contributed by atoms with Gasteiger partial charge in [-0.15, -0.1) is 11.3 Å². The highest BCUT2D eigenvalue weighted by Crippen LogP contribution is 2.51. The molecule has 0 unspecified atom stereocenters. The molecule has 74 valence electrons. The van der Waals surface area contributed by atoms with Gasteiger partial charge in [0, 0.05) is 4.88 Å². The maximum atomic E-state index is 12.2. The molecule has 0 aliphatic heterocycles. The Bertz CT molecular complexity index is 395. The van der Waals surface area contributed by atoms with Crippen LogP contribution in [0.1, 0.15) is 22.6 Å². The van der Waals surface area contributed by atoms with E-state index in [9.17, 15) is 13.2 Å². The Hall–Kier alpha value is -1.02. The fourth-order valence-electron chi connectivity index (χ4n) is 1.29. The summed E-state index contributed by atoms with van der Waals surface area (Å²) in [4.78, 5) is -0.0682. The minimum Gasteiger partial charge on any atom is -0.197 e. The average molecular weight is 217 g/mol. The van der Waals surface area contributed by atoms with Gasteiger partial charge in [0.15, 0.2) is 0 Å². The van der Waals surface area contributed by atoms with E-state index in [4.69, 9.17) is 5.26 Å². The van der Waals surface area contributed by atoms with Crippen molar-refractivity contribution in [1.29, 1.82) is 5.26 Å². The zero-order valence-electron chi connectivity index (χ0n) is 7.06. The third-order valence-electron chi connectivity index (χ3n) is 2.32. The van der Waals surface area contributed by atoms with E-state index in [0.717, 1.165) is 6.07 Å². The van der Waals surface area contributed by atoms with Gasteiger partial charge in [0.2, 0.25) is 0 Å². The van der Waals surface area contributed by atoms with E-state index in [2.05, 4.69) is 6.07 Å². The Morgan fingerprint density at radius 1 is 1.36 bits per heavy atom. The predicted octanol–water partition coefficient (Wildman–Crippen LogP) is 3.32. The van der Waals surface area contributed by atoms with Crippen molar-refractivity contribution < 1.29 is 13.2 Å². The summed E-state index contributed by atoms with van der Waals surface area (Å²) in [7, 11) is 0. The van der Waals surface area contributed by atoms with Gasteiger partial charge in [-0.05, 0) is 25.0 Å². The maximum Gasteiger partial charge on any atom is 0.425 e. The second-order valence-corrected chi connectivity index (χ2v) is 4.44. The summed E-state index contributed by atoms with van der Waals surface area (Å²) in [5, 5.41) is 8.80. The zero-order chi connectivity index (χ0) is 10.4. The van der Waals surface area contributed by atoms with Gasteiger partial charge in [0.1, 0.15) is 4.88 Å². The quantitative estimate of drug-likeness (QED) is 0.707. The molecule has 1 heterocycles. The molecule has 1 fully saturated rings. The van der Waals surface area contributed by atoms with E-state index < -0.39 is 16.5 Å². The lowest BCUT2D eigenvalue weighted by Crippen LogP contribution is -2.01. The topological polar surface area (TPSA) is 23.8 Å².